The lowest BCUT2D eigenvalue weighted by Gasteiger charge is -2.41. The Morgan fingerprint density at radius 1 is 0.973 bits per heavy atom. The minimum Gasteiger partial charge on any atom is -0.463 e. The summed E-state index contributed by atoms with van der Waals surface area (Å²) in [5, 5.41) is 15.1. The lowest BCUT2D eigenvalue weighted by atomic mass is 9.99. The Labute approximate surface area is 208 Å². The molecular weight excluding hydrogens is 505 g/mol. The number of nitro groups is 1. The standard InChI is InChI=1S/C21H24FN3O12/c1-10(26)33-9-15-18(34-11(2)27)19(35-12(3)28)17(22)20(36-15)37-21(30)23-8-16(29)24-13-4-6-14(7-5-13)25(31)32/h4-7,15,17-20H,8-9H2,1-3H3,(H,23,30)(H,24,29)/t15-,17+,18-,19-,20+/m1/s1. The van der Waals surface area contributed by atoms with Crippen LogP contribution >= 0.6 is 0 Å². The summed E-state index contributed by atoms with van der Waals surface area (Å²) in [5.74, 6) is -3.30. The first-order chi connectivity index (χ1) is 17.4. The van der Waals surface area contributed by atoms with Crippen LogP contribution in [-0.4, -0.2) is 78.8 Å². The van der Waals surface area contributed by atoms with E-state index in [1.165, 1.54) is 12.1 Å². The third kappa shape index (κ3) is 8.99. The van der Waals surface area contributed by atoms with Gasteiger partial charge in [0, 0.05) is 38.6 Å². The molecule has 0 unspecified atom stereocenters. The monoisotopic (exact) mass is 529 g/mol. The van der Waals surface area contributed by atoms with Crippen LogP contribution in [-0.2, 0) is 42.9 Å². The normalized spacial score (nSPS) is 22.6. The van der Waals surface area contributed by atoms with Gasteiger partial charge in [-0.2, -0.15) is 0 Å². The van der Waals surface area contributed by atoms with E-state index in [-0.39, 0.29) is 11.4 Å². The van der Waals surface area contributed by atoms with Crippen LogP contribution in [0.3, 0.4) is 0 Å². The third-order valence-corrected chi connectivity index (χ3v) is 4.61. The smallest absolute Gasteiger partial charge is 0.410 e. The quantitative estimate of drug-likeness (QED) is 0.197. The number of amides is 2. The van der Waals surface area contributed by atoms with Gasteiger partial charge < -0.3 is 34.3 Å². The van der Waals surface area contributed by atoms with Gasteiger partial charge in [0.05, 0.1) is 4.92 Å². The minimum absolute atomic E-state index is 0.192. The van der Waals surface area contributed by atoms with Crippen LogP contribution in [0.2, 0.25) is 0 Å². The summed E-state index contributed by atoms with van der Waals surface area (Å²) in [7, 11) is 0. The number of non-ortho nitro benzene ring substituents is 1. The number of esters is 3. The molecule has 15 nitrogen and oxygen atoms in total. The van der Waals surface area contributed by atoms with E-state index in [1.807, 2.05) is 0 Å². The number of ether oxygens (including phenoxy) is 5. The lowest BCUT2D eigenvalue weighted by molar-refractivity contribution is -0.384. The van der Waals surface area contributed by atoms with Gasteiger partial charge in [0.1, 0.15) is 19.3 Å². The highest BCUT2D eigenvalue weighted by atomic mass is 19.1. The zero-order chi connectivity index (χ0) is 27.7. The number of rotatable bonds is 9. The maximum absolute atomic E-state index is 15.1. The van der Waals surface area contributed by atoms with Gasteiger partial charge in [-0.05, 0) is 12.1 Å². The van der Waals surface area contributed by atoms with Gasteiger partial charge in [-0.1, -0.05) is 0 Å². The Balaban J connectivity index is 2.03. The van der Waals surface area contributed by atoms with Crippen LogP contribution in [0.25, 0.3) is 0 Å². The average Bonchev–Trinajstić information content (AvgIpc) is 2.80. The number of carbonyl (C=O) groups excluding carboxylic acids is 5. The number of anilines is 1. The minimum atomic E-state index is -2.33. The Kier molecular flexibility index (Phi) is 10.2. The topological polar surface area (TPSA) is 199 Å². The molecule has 1 aromatic carbocycles. The summed E-state index contributed by atoms with van der Waals surface area (Å²) in [6.45, 7) is 1.87. The number of halogens is 1. The van der Waals surface area contributed by atoms with Crippen molar-refractivity contribution in [1.29, 1.82) is 0 Å². The molecule has 1 heterocycles. The molecule has 2 rings (SSSR count). The highest BCUT2D eigenvalue weighted by molar-refractivity contribution is 5.93. The number of hydrogen-bond donors (Lipinski definition) is 2. The number of hydrogen-bond acceptors (Lipinski definition) is 12. The van der Waals surface area contributed by atoms with Crippen LogP contribution in [0, 0.1) is 10.1 Å². The third-order valence-electron chi connectivity index (χ3n) is 4.61. The first kappa shape index (κ1) is 28.9. The van der Waals surface area contributed by atoms with E-state index >= 15 is 4.39 Å². The Hall–Kier alpha value is -4.34. The van der Waals surface area contributed by atoms with Crippen LogP contribution < -0.4 is 10.6 Å². The molecule has 0 saturated carbocycles. The van der Waals surface area contributed by atoms with Crippen molar-refractivity contribution >= 4 is 41.3 Å². The van der Waals surface area contributed by atoms with Crippen LogP contribution in [0.4, 0.5) is 20.6 Å². The zero-order valence-electron chi connectivity index (χ0n) is 19.8. The van der Waals surface area contributed by atoms with E-state index in [1.54, 1.807) is 0 Å². The highest BCUT2D eigenvalue weighted by Crippen LogP contribution is 2.29. The van der Waals surface area contributed by atoms with Crippen molar-refractivity contribution in [3.05, 3.63) is 34.4 Å². The van der Waals surface area contributed by atoms with Crippen molar-refractivity contribution in [2.45, 2.75) is 51.5 Å². The number of benzene rings is 1. The average molecular weight is 529 g/mol. The van der Waals surface area contributed by atoms with Crippen molar-refractivity contribution in [3.63, 3.8) is 0 Å². The molecular formula is C21H24FN3O12. The Bertz CT molecular complexity index is 1030. The number of carbonyl (C=O) groups is 5. The largest absolute Gasteiger partial charge is 0.463 e. The first-order valence-corrected chi connectivity index (χ1v) is 10.6. The fraction of sp³-hybridized carbons (Fsp3) is 0.476. The van der Waals surface area contributed by atoms with Gasteiger partial charge in [0.15, 0.2) is 12.2 Å². The molecule has 0 aliphatic carbocycles. The van der Waals surface area contributed by atoms with E-state index in [0.717, 1.165) is 32.9 Å². The van der Waals surface area contributed by atoms with Crippen molar-refractivity contribution < 1.29 is 57.0 Å². The number of nitrogens with one attached hydrogen (secondary N) is 2. The van der Waals surface area contributed by atoms with Crippen LogP contribution in [0.1, 0.15) is 20.8 Å². The molecule has 16 heteroatoms. The van der Waals surface area contributed by atoms with Crippen molar-refractivity contribution in [2.24, 2.45) is 0 Å². The number of alkyl carbamates (subject to hydrolysis) is 1. The fourth-order valence-electron chi connectivity index (χ4n) is 3.13. The molecule has 37 heavy (non-hydrogen) atoms. The molecule has 1 fully saturated rings. The molecule has 1 aromatic rings. The summed E-state index contributed by atoms with van der Waals surface area (Å²) in [6.07, 6.45) is -10.3. The molecule has 202 valence electrons. The second-order valence-electron chi connectivity index (χ2n) is 7.55. The molecule has 0 bridgehead atoms. The van der Waals surface area contributed by atoms with Crippen molar-refractivity contribution in [2.75, 3.05) is 18.5 Å². The molecule has 2 amide bonds. The number of nitro benzene ring substituents is 1. The van der Waals surface area contributed by atoms with Gasteiger partial charge in [-0.3, -0.25) is 29.3 Å². The molecule has 5 atom stereocenters. The van der Waals surface area contributed by atoms with E-state index in [0.29, 0.717) is 0 Å². The lowest BCUT2D eigenvalue weighted by Crippen LogP contribution is -2.61. The first-order valence-electron chi connectivity index (χ1n) is 10.6. The second-order valence-corrected chi connectivity index (χ2v) is 7.55. The van der Waals surface area contributed by atoms with Crippen LogP contribution in [0.15, 0.2) is 24.3 Å². The van der Waals surface area contributed by atoms with E-state index < -0.39 is 78.8 Å². The molecule has 1 saturated heterocycles. The van der Waals surface area contributed by atoms with Gasteiger partial charge in [-0.15, -0.1) is 0 Å². The maximum Gasteiger partial charge on any atom is 0.410 e. The fourth-order valence-corrected chi connectivity index (χ4v) is 3.13. The second kappa shape index (κ2) is 13.1. The molecule has 1 aliphatic heterocycles. The summed E-state index contributed by atoms with van der Waals surface area (Å²) >= 11 is 0. The number of alkyl halides is 1. The molecule has 0 spiro atoms. The molecule has 0 radical (unpaired) electrons. The van der Waals surface area contributed by atoms with E-state index in [9.17, 15) is 34.1 Å². The van der Waals surface area contributed by atoms with Crippen LogP contribution in [0.5, 0.6) is 0 Å². The predicted molar refractivity (Wildman–Crippen MR) is 118 cm³/mol. The highest BCUT2D eigenvalue weighted by Gasteiger charge is 2.52. The summed E-state index contributed by atoms with van der Waals surface area (Å²) in [6, 6.07) is 4.87. The van der Waals surface area contributed by atoms with E-state index in [4.69, 9.17) is 23.7 Å². The molecule has 2 N–H and O–H groups in total. The van der Waals surface area contributed by atoms with Crippen molar-refractivity contribution in [1.82, 2.24) is 5.32 Å². The van der Waals surface area contributed by atoms with E-state index in [2.05, 4.69) is 10.6 Å². The SMILES string of the molecule is CC(=O)OC[C@H]1O[C@@H](OC(=O)NCC(=O)Nc2ccc([N+](=O)[O-])cc2)[C@@H](F)[C@@H](OC(C)=O)[C@@H]1OC(C)=O. The molecule has 1 aliphatic rings. The van der Waals surface area contributed by atoms with Gasteiger partial charge in [-0.25, -0.2) is 9.18 Å². The summed E-state index contributed by atoms with van der Waals surface area (Å²) in [5.41, 5.74) is 0.0159. The summed E-state index contributed by atoms with van der Waals surface area (Å²) < 4.78 is 40.1. The summed E-state index contributed by atoms with van der Waals surface area (Å²) in [4.78, 5) is 68.5. The molecule has 0 aromatic heterocycles. The Morgan fingerprint density at radius 2 is 1.57 bits per heavy atom. The zero-order valence-corrected chi connectivity index (χ0v) is 19.8. The van der Waals surface area contributed by atoms with Gasteiger partial charge >= 0.3 is 24.0 Å². The maximum atomic E-state index is 15.1. The number of nitrogens with zero attached hydrogens (tertiary/aromatic N) is 1. The Morgan fingerprint density at radius 3 is 2.11 bits per heavy atom. The van der Waals surface area contributed by atoms with Gasteiger partial charge in [0.25, 0.3) is 5.69 Å². The van der Waals surface area contributed by atoms with Crippen molar-refractivity contribution in [3.8, 4) is 0 Å². The predicted octanol–water partition coefficient (Wildman–Crippen LogP) is 0.749. The van der Waals surface area contributed by atoms with Gasteiger partial charge in [0.2, 0.25) is 18.4 Å².